The molecule has 0 aliphatic heterocycles. The lowest BCUT2D eigenvalue weighted by Crippen LogP contribution is -2.04. The van der Waals surface area contributed by atoms with Gasteiger partial charge in [0.15, 0.2) is 17.3 Å². The Hall–Kier alpha value is -2.77. The third-order valence-corrected chi connectivity index (χ3v) is 3.06. The molecule has 6 nitrogen and oxygen atoms in total. The van der Waals surface area contributed by atoms with Gasteiger partial charge in [-0.05, 0) is 29.7 Å². The second-order valence-corrected chi connectivity index (χ2v) is 5.10. The van der Waals surface area contributed by atoms with Crippen molar-refractivity contribution in [3.63, 3.8) is 0 Å². The first kappa shape index (κ1) is 17.6. The van der Waals surface area contributed by atoms with Crippen molar-refractivity contribution in [2.45, 2.75) is 26.4 Å². The number of aromatic nitrogens is 2. The number of halogens is 2. The van der Waals surface area contributed by atoms with Crippen LogP contribution < -0.4 is 14.9 Å². The fraction of sp³-hybridized carbons (Fsp3) is 0.312. The minimum atomic E-state index is -2.93. The maximum absolute atomic E-state index is 12.4. The summed E-state index contributed by atoms with van der Waals surface area (Å²) < 4.78 is 34.3. The molecule has 0 aliphatic carbocycles. The second-order valence-electron chi connectivity index (χ2n) is 5.10. The van der Waals surface area contributed by atoms with Crippen molar-refractivity contribution in [3.05, 3.63) is 41.9 Å². The van der Waals surface area contributed by atoms with E-state index >= 15 is 0 Å². The highest BCUT2D eigenvalue weighted by Crippen LogP contribution is 2.29. The van der Waals surface area contributed by atoms with Gasteiger partial charge in [0.2, 0.25) is 0 Å². The zero-order valence-corrected chi connectivity index (χ0v) is 13.5. The quantitative estimate of drug-likeness (QED) is 0.617. The Balaban J connectivity index is 2.15. The minimum Gasteiger partial charge on any atom is -0.493 e. The normalized spacial score (nSPS) is 11.3. The van der Waals surface area contributed by atoms with Gasteiger partial charge in [-0.3, -0.25) is 10.4 Å². The van der Waals surface area contributed by atoms with Gasteiger partial charge in [-0.15, -0.1) is 0 Å². The average Bonchev–Trinajstić information content (AvgIpc) is 2.55. The first-order valence-electron chi connectivity index (χ1n) is 7.24. The molecule has 0 radical (unpaired) electrons. The fourth-order valence-corrected chi connectivity index (χ4v) is 1.99. The monoisotopic (exact) mass is 336 g/mol. The fourth-order valence-electron chi connectivity index (χ4n) is 1.99. The van der Waals surface area contributed by atoms with Gasteiger partial charge in [-0.1, -0.05) is 13.8 Å². The molecule has 128 valence electrons. The summed E-state index contributed by atoms with van der Waals surface area (Å²) >= 11 is 0. The number of hydrogen-bond acceptors (Lipinski definition) is 6. The number of anilines is 1. The van der Waals surface area contributed by atoms with E-state index in [1.54, 1.807) is 18.5 Å². The molecule has 0 spiro atoms. The molecule has 24 heavy (non-hydrogen) atoms. The summed E-state index contributed by atoms with van der Waals surface area (Å²) in [5.74, 6) is 0.889. The summed E-state index contributed by atoms with van der Waals surface area (Å²) in [6, 6.07) is 4.61. The van der Waals surface area contributed by atoms with Crippen molar-refractivity contribution < 1.29 is 18.3 Å². The van der Waals surface area contributed by atoms with Gasteiger partial charge in [-0.25, -0.2) is 4.98 Å². The summed E-state index contributed by atoms with van der Waals surface area (Å²) in [4.78, 5) is 8.44. The maximum Gasteiger partial charge on any atom is 0.387 e. The van der Waals surface area contributed by atoms with Crippen molar-refractivity contribution >= 4 is 12.0 Å². The molecule has 0 bridgehead atoms. The lowest BCUT2D eigenvalue weighted by Gasteiger charge is -2.10. The average molecular weight is 336 g/mol. The second kappa shape index (κ2) is 8.19. The number of alkyl halides is 2. The minimum absolute atomic E-state index is 0.0566. The topological polar surface area (TPSA) is 68.6 Å². The molecule has 2 rings (SSSR count). The summed E-state index contributed by atoms with van der Waals surface area (Å²) in [5, 5.41) is 4.07. The number of nitrogens with zero attached hydrogens (tertiary/aromatic N) is 3. The van der Waals surface area contributed by atoms with Crippen LogP contribution in [0.5, 0.6) is 11.5 Å². The van der Waals surface area contributed by atoms with Crippen molar-refractivity contribution in [2.75, 3.05) is 12.5 Å². The number of methoxy groups -OCH3 is 1. The largest absolute Gasteiger partial charge is 0.493 e. The van der Waals surface area contributed by atoms with E-state index in [4.69, 9.17) is 4.74 Å². The van der Waals surface area contributed by atoms with Gasteiger partial charge in [0, 0.05) is 12.4 Å². The maximum atomic E-state index is 12.4. The molecule has 0 atom stereocenters. The van der Waals surface area contributed by atoms with E-state index < -0.39 is 6.61 Å². The van der Waals surface area contributed by atoms with Gasteiger partial charge in [0.1, 0.15) is 0 Å². The molecule has 1 heterocycles. The molecule has 1 aromatic carbocycles. The van der Waals surface area contributed by atoms with E-state index in [9.17, 15) is 8.78 Å². The molecule has 1 N–H and O–H groups in total. The smallest absolute Gasteiger partial charge is 0.387 e. The molecule has 0 aliphatic rings. The van der Waals surface area contributed by atoms with Gasteiger partial charge in [-0.2, -0.15) is 13.9 Å². The van der Waals surface area contributed by atoms with Crippen LogP contribution in [0.4, 0.5) is 14.6 Å². The number of nitrogens with one attached hydrogen (secondary N) is 1. The van der Waals surface area contributed by atoms with Crippen molar-refractivity contribution in [1.82, 2.24) is 9.97 Å². The van der Waals surface area contributed by atoms with Gasteiger partial charge >= 0.3 is 6.61 Å². The van der Waals surface area contributed by atoms with Crippen LogP contribution in [0.15, 0.2) is 35.7 Å². The predicted molar refractivity (Wildman–Crippen MR) is 87.0 cm³/mol. The van der Waals surface area contributed by atoms with Gasteiger partial charge in [0.25, 0.3) is 0 Å². The van der Waals surface area contributed by atoms with Crippen molar-refractivity contribution in [2.24, 2.45) is 5.10 Å². The van der Waals surface area contributed by atoms with Crippen molar-refractivity contribution in [3.8, 4) is 11.5 Å². The van der Waals surface area contributed by atoms with Crippen LogP contribution in [-0.2, 0) is 0 Å². The molecule has 0 saturated carbocycles. The zero-order chi connectivity index (χ0) is 17.5. The molecule has 2 aromatic rings. The van der Waals surface area contributed by atoms with Crippen LogP contribution in [0.1, 0.15) is 31.0 Å². The Kier molecular flexibility index (Phi) is 6.00. The lowest BCUT2D eigenvalue weighted by atomic mass is 10.1. The summed E-state index contributed by atoms with van der Waals surface area (Å²) in [6.07, 6.45) is 4.64. The zero-order valence-electron chi connectivity index (χ0n) is 13.5. The molecule has 0 unspecified atom stereocenters. The number of benzene rings is 1. The third-order valence-electron chi connectivity index (χ3n) is 3.06. The summed E-state index contributed by atoms with van der Waals surface area (Å²) in [6.45, 7) is 1.06. The van der Waals surface area contributed by atoms with E-state index in [0.29, 0.717) is 11.4 Å². The number of hydrazone groups is 1. The molecule has 1 aromatic heterocycles. The molecular formula is C16H18F2N4O2. The van der Waals surface area contributed by atoms with E-state index in [-0.39, 0.29) is 17.4 Å². The Labute approximate surface area is 138 Å². The Morgan fingerprint density at radius 2 is 1.92 bits per heavy atom. The first-order valence-corrected chi connectivity index (χ1v) is 7.24. The molecule has 0 amide bonds. The lowest BCUT2D eigenvalue weighted by molar-refractivity contribution is -0.0512. The first-order chi connectivity index (χ1) is 11.5. The number of ether oxygens (including phenoxy) is 2. The Morgan fingerprint density at radius 1 is 1.17 bits per heavy atom. The van der Waals surface area contributed by atoms with E-state index in [1.807, 2.05) is 13.8 Å². The number of hydrogen-bond donors (Lipinski definition) is 1. The molecular weight excluding hydrogens is 318 g/mol. The van der Waals surface area contributed by atoms with E-state index in [0.717, 1.165) is 5.69 Å². The highest BCUT2D eigenvalue weighted by atomic mass is 19.3. The third kappa shape index (κ3) is 4.61. The van der Waals surface area contributed by atoms with Crippen LogP contribution in [0.25, 0.3) is 0 Å². The highest BCUT2D eigenvalue weighted by Gasteiger charge is 2.11. The van der Waals surface area contributed by atoms with Gasteiger partial charge < -0.3 is 9.47 Å². The van der Waals surface area contributed by atoms with Crippen LogP contribution >= 0.6 is 0 Å². The van der Waals surface area contributed by atoms with Gasteiger partial charge in [0.05, 0.1) is 19.0 Å². The van der Waals surface area contributed by atoms with Crippen LogP contribution in [0.3, 0.4) is 0 Å². The van der Waals surface area contributed by atoms with Crippen LogP contribution in [-0.4, -0.2) is 29.9 Å². The van der Waals surface area contributed by atoms with Crippen LogP contribution in [0.2, 0.25) is 0 Å². The molecule has 8 heteroatoms. The Bertz CT molecular complexity index is 708. The molecule has 0 saturated heterocycles. The summed E-state index contributed by atoms with van der Waals surface area (Å²) in [5.41, 5.74) is 4.15. The summed E-state index contributed by atoms with van der Waals surface area (Å²) in [7, 11) is 1.38. The van der Waals surface area contributed by atoms with E-state index in [2.05, 4.69) is 25.2 Å². The standard InChI is InChI=1S/C16H18F2N4O2/c1-10(2)14-15(20-7-6-19-14)22-21-9-11-4-5-12(23-3)13(8-11)24-16(17)18/h4-10,16H,1-3H3,(H,20,22)/b21-9+. The highest BCUT2D eigenvalue weighted by molar-refractivity contribution is 5.81. The SMILES string of the molecule is COc1ccc(/C=N/Nc2nccnc2C(C)C)cc1OC(F)F. The van der Waals surface area contributed by atoms with Crippen molar-refractivity contribution in [1.29, 1.82) is 0 Å². The predicted octanol–water partition coefficient (Wildman–Crippen LogP) is 3.66. The molecule has 0 fully saturated rings. The Morgan fingerprint density at radius 3 is 2.58 bits per heavy atom. The number of rotatable bonds is 7. The van der Waals surface area contributed by atoms with Crippen LogP contribution in [0, 0.1) is 0 Å². The van der Waals surface area contributed by atoms with E-state index in [1.165, 1.54) is 25.5 Å².